The molecule has 0 aliphatic heterocycles. The second-order valence-electron chi connectivity index (χ2n) is 5.14. The first-order valence-corrected chi connectivity index (χ1v) is 8.06. The summed E-state index contributed by atoms with van der Waals surface area (Å²) in [4.78, 5) is 0. The molecule has 0 amide bonds. The topological polar surface area (TPSA) is 86.2 Å². The van der Waals surface area contributed by atoms with Crippen molar-refractivity contribution in [1.29, 1.82) is 0 Å². The summed E-state index contributed by atoms with van der Waals surface area (Å²) in [6.45, 7) is 2.27. The highest BCUT2D eigenvalue weighted by atomic mass is 32.2. The van der Waals surface area contributed by atoms with Crippen molar-refractivity contribution >= 4 is 9.84 Å². The van der Waals surface area contributed by atoms with E-state index in [0.717, 1.165) is 12.0 Å². The molecule has 1 aromatic rings. The molecule has 0 bridgehead atoms. The molecule has 5 heteroatoms. The quantitative estimate of drug-likeness (QED) is 0.828. The molecule has 0 radical (unpaired) electrons. The van der Waals surface area contributed by atoms with E-state index in [0.29, 0.717) is 0 Å². The molecule has 1 aromatic carbocycles. The van der Waals surface area contributed by atoms with Gasteiger partial charge >= 0.3 is 0 Å². The Balaban J connectivity index is 2.33. The van der Waals surface area contributed by atoms with Gasteiger partial charge in [-0.05, 0) is 17.5 Å². The van der Waals surface area contributed by atoms with Gasteiger partial charge in [-0.25, -0.2) is 8.42 Å². The SMILES string of the molecule is CCc1ccc([C@@H]2[C@H](S(C)(=O)=O)[C@@]2(N)CN)cc1. The number of aryl methyl sites for hydroxylation is 1. The normalized spacial score (nSPS) is 31.3. The van der Waals surface area contributed by atoms with Crippen LogP contribution in [0.15, 0.2) is 24.3 Å². The molecule has 3 atom stereocenters. The van der Waals surface area contributed by atoms with Crippen LogP contribution < -0.4 is 11.5 Å². The molecule has 100 valence electrons. The fourth-order valence-electron chi connectivity index (χ4n) is 2.76. The summed E-state index contributed by atoms with van der Waals surface area (Å²) >= 11 is 0. The Kier molecular flexibility index (Phi) is 3.25. The molecule has 1 saturated carbocycles. The molecule has 0 aromatic heterocycles. The molecule has 1 fully saturated rings. The smallest absolute Gasteiger partial charge is 0.152 e. The third-order valence-electron chi connectivity index (χ3n) is 3.86. The minimum atomic E-state index is -3.17. The van der Waals surface area contributed by atoms with Crippen LogP contribution in [0.3, 0.4) is 0 Å². The van der Waals surface area contributed by atoms with Gasteiger partial charge in [-0.3, -0.25) is 0 Å². The minimum Gasteiger partial charge on any atom is -0.329 e. The van der Waals surface area contributed by atoms with Gasteiger partial charge in [0.25, 0.3) is 0 Å². The van der Waals surface area contributed by atoms with Gasteiger partial charge in [0.15, 0.2) is 9.84 Å². The summed E-state index contributed by atoms with van der Waals surface area (Å²) in [5.41, 5.74) is 13.2. The number of sulfone groups is 1. The summed E-state index contributed by atoms with van der Waals surface area (Å²) in [7, 11) is -3.17. The zero-order chi connectivity index (χ0) is 13.6. The molecule has 0 saturated heterocycles. The summed E-state index contributed by atoms with van der Waals surface area (Å²) in [6.07, 6.45) is 2.19. The predicted molar refractivity (Wildman–Crippen MR) is 73.2 cm³/mol. The number of benzene rings is 1. The van der Waals surface area contributed by atoms with E-state index in [4.69, 9.17) is 11.5 Å². The van der Waals surface area contributed by atoms with Gasteiger partial charge in [0.05, 0.1) is 10.8 Å². The van der Waals surface area contributed by atoms with Crippen molar-refractivity contribution in [2.75, 3.05) is 12.8 Å². The molecule has 0 spiro atoms. The van der Waals surface area contributed by atoms with Gasteiger partial charge in [0, 0.05) is 18.7 Å². The Labute approximate surface area is 108 Å². The van der Waals surface area contributed by atoms with Crippen LogP contribution >= 0.6 is 0 Å². The summed E-state index contributed by atoms with van der Waals surface area (Å²) < 4.78 is 23.5. The molecule has 4 nitrogen and oxygen atoms in total. The fourth-order valence-corrected chi connectivity index (χ4v) is 4.62. The van der Waals surface area contributed by atoms with E-state index in [2.05, 4.69) is 6.92 Å². The van der Waals surface area contributed by atoms with E-state index in [9.17, 15) is 8.42 Å². The van der Waals surface area contributed by atoms with E-state index in [1.807, 2.05) is 24.3 Å². The highest BCUT2D eigenvalue weighted by Gasteiger charge is 2.67. The first-order chi connectivity index (χ1) is 8.34. The predicted octanol–water partition coefficient (Wildman–Crippen LogP) is 0.416. The first-order valence-electron chi connectivity index (χ1n) is 6.11. The molecular weight excluding hydrogens is 248 g/mol. The van der Waals surface area contributed by atoms with Gasteiger partial charge in [-0.15, -0.1) is 0 Å². The van der Waals surface area contributed by atoms with E-state index in [1.165, 1.54) is 11.8 Å². The van der Waals surface area contributed by atoms with Gasteiger partial charge < -0.3 is 11.5 Å². The molecule has 2 rings (SSSR count). The van der Waals surface area contributed by atoms with E-state index >= 15 is 0 Å². The second-order valence-corrected chi connectivity index (χ2v) is 7.31. The van der Waals surface area contributed by atoms with Gasteiger partial charge in [0.2, 0.25) is 0 Å². The van der Waals surface area contributed by atoms with Crippen LogP contribution in [0.1, 0.15) is 24.0 Å². The summed E-state index contributed by atoms with van der Waals surface area (Å²) in [6, 6.07) is 7.96. The van der Waals surface area contributed by atoms with Crippen LogP contribution in [0.25, 0.3) is 0 Å². The molecule has 0 unspecified atom stereocenters. The molecule has 1 aliphatic carbocycles. The van der Waals surface area contributed by atoms with Crippen LogP contribution in [0, 0.1) is 0 Å². The van der Waals surface area contributed by atoms with Crippen molar-refractivity contribution in [3.8, 4) is 0 Å². The lowest BCUT2D eigenvalue weighted by atomic mass is 10.0. The lowest BCUT2D eigenvalue weighted by Gasteiger charge is -2.07. The maximum Gasteiger partial charge on any atom is 0.152 e. The monoisotopic (exact) mass is 268 g/mol. The standard InChI is InChI=1S/C13H20N2O2S/c1-3-9-4-6-10(7-5-9)11-12(18(2,16)17)13(11,15)8-14/h4-7,11-12H,3,8,14-15H2,1-2H3/t11-,12+,13-/m1/s1. The highest BCUT2D eigenvalue weighted by molar-refractivity contribution is 7.91. The van der Waals surface area contributed by atoms with E-state index in [-0.39, 0.29) is 12.5 Å². The van der Waals surface area contributed by atoms with Crippen molar-refractivity contribution in [3.05, 3.63) is 35.4 Å². The van der Waals surface area contributed by atoms with Crippen LogP contribution in [-0.4, -0.2) is 32.0 Å². The maximum atomic E-state index is 11.7. The van der Waals surface area contributed by atoms with Crippen molar-refractivity contribution in [3.63, 3.8) is 0 Å². The first kappa shape index (κ1) is 13.5. The van der Waals surface area contributed by atoms with Crippen LogP contribution in [0.5, 0.6) is 0 Å². The van der Waals surface area contributed by atoms with Crippen molar-refractivity contribution in [2.45, 2.75) is 30.1 Å². The highest BCUT2D eigenvalue weighted by Crippen LogP contribution is 2.53. The third-order valence-corrected chi connectivity index (χ3v) is 5.50. The number of nitrogens with two attached hydrogens (primary N) is 2. The Morgan fingerprint density at radius 1 is 1.28 bits per heavy atom. The summed E-state index contributed by atoms with van der Waals surface area (Å²) in [5, 5.41) is -0.553. The van der Waals surface area contributed by atoms with Crippen LogP contribution in [-0.2, 0) is 16.3 Å². The zero-order valence-electron chi connectivity index (χ0n) is 10.8. The number of rotatable bonds is 4. The molecular formula is C13H20N2O2S. The molecule has 4 N–H and O–H groups in total. The number of hydrogen-bond donors (Lipinski definition) is 2. The van der Waals surface area contributed by atoms with Gasteiger partial charge in [-0.1, -0.05) is 31.2 Å². The molecule has 1 aliphatic rings. The summed E-state index contributed by atoms with van der Waals surface area (Å²) in [5.74, 6) is -0.177. The van der Waals surface area contributed by atoms with Crippen LogP contribution in [0.2, 0.25) is 0 Å². The Morgan fingerprint density at radius 2 is 1.83 bits per heavy atom. The lowest BCUT2D eigenvalue weighted by Crippen LogP contribution is -2.38. The minimum absolute atomic E-state index is 0.177. The fraction of sp³-hybridized carbons (Fsp3) is 0.538. The van der Waals surface area contributed by atoms with Gasteiger partial charge in [0.1, 0.15) is 0 Å². The van der Waals surface area contributed by atoms with E-state index < -0.39 is 20.6 Å². The zero-order valence-corrected chi connectivity index (χ0v) is 11.6. The Hall–Kier alpha value is -0.910. The average molecular weight is 268 g/mol. The largest absolute Gasteiger partial charge is 0.329 e. The average Bonchev–Trinajstić information content (AvgIpc) is 2.97. The van der Waals surface area contributed by atoms with Crippen LogP contribution in [0.4, 0.5) is 0 Å². The molecule has 18 heavy (non-hydrogen) atoms. The van der Waals surface area contributed by atoms with Crippen molar-refractivity contribution in [1.82, 2.24) is 0 Å². The Bertz CT molecular complexity index is 539. The van der Waals surface area contributed by atoms with Crippen molar-refractivity contribution < 1.29 is 8.42 Å². The van der Waals surface area contributed by atoms with Gasteiger partial charge in [-0.2, -0.15) is 0 Å². The second kappa shape index (κ2) is 4.33. The maximum absolute atomic E-state index is 11.7. The number of hydrogen-bond acceptors (Lipinski definition) is 4. The third kappa shape index (κ3) is 2.06. The Morgan fingerprint density at radius 3 is 2.17 bits per heavy atom. The van der Waals surface area contributed by atoms with E-state index in [1.54, 1.807) is 0 Å². The lowest BCUT2D eigenvalue weighted by molar-refractivity contribution is 0.591. The molecule has 0 heterocycles. The van der Waals surface area contributed by atoms with Crippen molar-refractivity contribution in [2.24, 2.45) is 11.5 Å².